The second-order valence-electron chi connectivity index (χ2n) is 4.82. The number of piperazine rings is 1. The van der Waals surface area contributed by atoms with E-state index in [-0.39, 0.29) is 0 Å². The summed E-state index contributed by atoms with van der Waals surface area (Å²) >= 11 is 6.33. The fourth-order valence-corrected chi connectivity index (χ4v) is 6.95. The van der Waals surface area contributed by atoms with Crippen LogP contribution in [-0.4, -0.2) is 43.8 Å². The molecule has 0 saturated carbocycles. The average Bonchev–Trinajstić information content (AvgIpc) is 3.11. The van der Waals surface area contributed by atoms with Crippen LogP contribution in [0.5, 0.6) is 0 Å². The van der Waals surface area contributed by atoms with E-state index in [0.29, 0.717) is 21.8 Å². The maximum atomic E-state index is 12.6. The summed E-state index contributed by atoms with van der Waals surface area (Å²) in [7, 11) is -3.35. The molecule has 1 fully saturated rings. The zero-order valence-corrected chi connectivity index (χ0v) is 15.3. The highest BCUT2D eigenvalue weighted by Gasteiger charge is 2.30. The van der Waals surface area contributed by atoms with Gasteiger partial charge in [-0.25, -0.2) is 8.42 Å². The van der Waals surface area contributed by atoms with Crippen LogP contribution in [-0.2, 0) is 16.6 Å². The van der Waals surface area contributed by atoms with E-state index in [0.717, 1.165) is 19.6 Å². The van der Waals surface area contributed by atoms with Crippen LogP contribution in [0.1, 0.15) is 4.88 Å². The topological polar surface area (TPSA) is 40.6 Å². The van der Waals surface area contributed by atoms with Gasteiger partial charge in [0.05, 0.1) is 0 Å². The smallest absolute Gasteiger partial charge is 0.253 e. The Morgan fingerprint density at radius 3 is 2.43 bits per heavy atom. The molecule has 0 unspecified atom stereocenters. The molecule has 0 radical (unpaired) electrons. The average molecular weight is 407 g/mol. The molecule has 21 heavy (non-hydrogen) atoms. The van der Waals surface area contributed by atoms with Gasteiger partial charge in [0, 0.05) is 42.1 Å². The predicted octanol–water partition coefficient (Wildman–Crippen LogP) is 3.08. The molecule has 1 aliphatic heterocycles. The van der Waals surface area contributed by atoms with Crippen LogP contribution in [0, 0.1) is 0 Å². The van der Waals surface area contributed by atoms with E-state index in [9.17, 15) is 8.42 Å². The molecule has 8 heteroatoms. The Labute approximate surface area is 141 Å². The second-order valence-corrected chi connectivity index (χ2v) is 9.75. The van der Waals surface area contributed by atoms with E-state index in [1.165, 1.54) is 16.2 Å². The summed E-state index contributed by atoms with van der Waals surface area (Å²) in [6.07, 6.45) is 0. The first-order valence-electron chi connectivity index (χ1n) is 6.55. The molecule has 4 nitrogen and oxygen atoms in total. The van der Waals surface area contributed by atoms with Crippen molar-refractivity contribution in [2.24, 2.45) is 0 Å². The van der Waals surface area contributed by atoms with E-state index >= 15 is 0 Å². The summed E-state index contributed by atoms with van der Waals surface area (Å²) in [5.41, 5.74) is 0. The maximum absolute atomic E-state index is 12.6. The molecular weight excluding hydrogens is 392 g/mol. The van der Waals surface area contributed by atoms with Gasteiger partial charge in [0.15, 0.2) is 0 Å². The largest absolute Gasteiger partial charge is 0.296 e. The lowest BCUT2D eigenvalue weighted by Gasteiger charge is -2.33. The van der Waals surface area contributed by atoms with Crippen molar-refractivity contribution in [2.45, 2.75) is 10.8 Å². The van der Waals surface area contributed by atoms with E-state index < -0.39 is 10.0 Å². The number of hydrogen-bond donors (Lipinski definition) is 0. The predicted molar refractivity (Wildman–Crippen MR) is 90.4 cm³/mol. The molecule has 114 valence electrons. The van der Waals surface area contributed by atoms with Crippen molar-refractivity contribution in [1.29, 1.82) is 0 Å². The fourth-order valence-electron chi connectivity index (χ4n) is 2.33. The lowest BCUT2D eigenvalue weighted by molar-refractivity contribution is 0.183. The van der Waals surface area contributed by atoms with Gasteiger partial charge in [0.2, 0.25) is 0 Å². The van der Waals surface area contributed by atoms with Crippen molar-refractivity contribution >= 4 is 48.6 Å². The molecule has 2 aromatic heterocycles. The Morgan fingerprint density at radius 2 is 1.86 bits per heavy atom. The molecule has 0 bridgehead atoms. The molecule has 1 aliphatic rings. The lowest BCUT2D eigenvalue weighted by atomic mass is 10.3. The van der Waals surface area contributed by atoms with Gasteiger partial charge in [0.1, 0.15) is 4.21 Å². The summed E-state index contributed by atoms with van der Waals surface area (Å²) in [5, 5.41) is 3.87. The Hall–Kier alpha value is -0.250. The first-order valence-corrected chi connectivity index (χ1v) is 10.5. The van der Waals surface area contributed by atoms with Crippen molar-refractivity contribution < 1.29 is 8.42 Å². The molecule has 0 atom stereocenters. The number of halogens is 1. The number of sulfonamides is 1. The van der Waals surface area contributed by atoms with E-state index in [4.69, 9.17) is 0 Å². The highest BCUT2D eigenvalue weighted by atomic mass is 79.9. The fraction of sp³-hybridized carbons (Fsp3) is 0.385. The zero-order valence-electron chi connectivity index (χ0n) is 11.2. The first kappa shape index (κ1) is 15.6. The van der Waals surface area contributed by atoms with Crippen LogP contribution in [0.3, 0.4) is 0 Å². The highest BCUT2D eigenvalue weighted by molar-refractivity contribution is 9.10. The van der Waals surface area contributed by atoms with E-state index in [1.54, 1.807) is 27.1 Å². The second kappa shape index (κ2) is 6.47. The molecule has 2 aromatic rings. The number of rotatable bonds is 4. The molecule has 0 aromatic carbocycles. The van der Waals surface area contributed by atoms with Crippen LogP contribution in [0.4, 0.5) is 0 Å². The molecule has 3 heterocycles. The van der Waals surface area contributed by atoms with Crippen LogP contribution >= 0.6 is 38.6 Å². The van der Waals surface area contributed by atoms with Gasteiger partial charge >= 0.3 is 0 Å². The monoisotopic (exact) mass is 406 g/mol. The number of nitrogens with zero attached hydrogens (tertiary/aromatic N) is 2. The van der Waals surface area contributed by atoms with E-state index in [2.05, 4.69) is 38.3 Å². The van der Waals surface area contributed by atoms with Crippen LogP contribution in [0.25, 0.3) is 0 Å². The third-order valence-corrected chi connectivity index (χ3v) is 8.86. The standard InChI is InChI=1S/C13H15BrN2O2S3/c14-12-3-9-20-13(12)21(17,18)16-6-4-15(5-7-16)10-11-2-1-8-19-11/h1-3,8-9H,4-7,10H2. The SMILES string of the molecule is O=S(=O)(c1sccc1Br)N1CCN(Cc2cccs2)CC1. The van der Waals surface area contributed by atoms with Crippen molar-refractivity contribution in [3.05, 3.63) is 38.3 Å². The third kappa shape index (κ3) is 3.40. The third-order valence-electron chi connectivity index (χ3n) is 3.45. The summed E-state index contributed by atoms with van der Waals surface area (Å²) in [5.74, 6) is 0. The minimum Gasteiger partial charge on any atom is -0.296 e. The Balaban J connectivity index is 1.64. The molecule has 3 rings (SSSR count). The summed E-state index contributed by atoms with van der Waals surface area (Å²) in [6.45, 7) is 3.57. The highest BCUT2D eigenvalue weighted by Crippen LogP contribution is 2.30. The van der Waals surface area contributed by atoms with Crippen LogP contribution in [0.15, 0.2) is 37.6 Å². The normalized spacial score (nSPS) is 18.1. The van der Waals surface area contributed by atoms with Gasteiger partial charge in [-0.3, -0.25) is 4.90 Å². The van der Waals surface area contributed by atoms with Gasteiger partial charge in [-0.1, -0.05) is 6.07 Å². The van der Waals surface area contributed by atoms with Crippen molar-refractivity contribution in [3.63, 3.8) is 0 Å². The number of hydrogen-bond acceptors (Lipinski definition) is 5. The van der Waals surface area contributed by atoms with Crippen molar-refractivity contribution in [3.8, 4) is 0 Å². The Bertz CT molecular complexity index is 689. The van der Waals surface area contributed by atoms with E-state index in [1.807, 2.05) is 0 Å². The Morgan fingerprint density at radius 1 is 1.10 bits per heavy atom. The van der Waals surface area contributed by atoms with Gasteiger partial charge in [0.25, 0.3) is 10.0 Å². The van der Waals surface area contributed by atoms with Gasteiger partial charge < -0.3 is 0 Å². The van der Waals surface area contributed by atoms with Crippen molar-refractivity contribution in [2.75, 3.05) is 26.2 Å². The first-order chi connectivity index (χ1) is 10.1. The Kier molecular flexibility index (Phi) is 4.82. The summed E-state index contributed by atoms with van der Waals surface area (Å²) < 4.78 is 27.8. The van der Waals surface area contributed by atoms with Crippen LogP contribution < -0.4 is 0 Å². The minimum absolute atomic E-state index is 0.411. The van der Waals surface area contributed by atoms with Gasteiger partial charge in [-0.05, 0) is 38.8 Å². The number of thiophene rings is 2. The quantitative estimate of drug-likeness (QED) is 0.782. The lowest BCUT2D eigenvalue weighted by Crippen LogP contribution is -2.48. The van der Waals surface area contributed by atoms with Gasteiger partial charge in [-0.2, -0.15) is 4.31 Å². The summed E-state index contributed by atoms with van der Waals surface area (Å²) in [4.78, 5) is 3.63. The maximum Gasteiger partial charge on any atom is 0.253 e. The minimum atomic E-state index is -3.35. The molecular formula is C13H15BrN2O2S3. The molecule has 0 N–H and O–H groups in total. The molecule has 0 spiro atoms. The molecule has 1 saturated heterocycles. The van der Waals surface area contributed by atoms with Gasteiger partial charge in [-0.15, -0.1) is 22.7 Å². The van der Waals surface area contributed by atoms with Crippen molar-refractivity contribution in [1.82, 2.24) is 9.21 Å². The molecule has 0 aliphatic carbocycles. The molecule has 0 amide bonds. The zero-order chi connectivity index (χ0) is 14.9. The summed E-state index contributed by atoms with van der Waals surface area (Å²) in [6, 6.07) is 5.95. The van der Waals surface area contributed by atoms with Crippen LogP contribution in [0.2, 0.25) is 0 Å².